The number of primary amides is 1. The molecule has 1 aromatic heterocycles. The molecule has 1 amide bonds. The van der Waals surface area contributed by atoms with Gasteiger partial charge < -0.3 is 15.0 Å². The molecule has 2 aromatic carbocycles. The van der Waals surface area contributed by atoms with Gasteiger partial charge in [0.15, 0.2) is 0 Å². The first kappa shape index (κ1) is 17.7. The van der Waals surface area contributed by atoms with E-state index in [-0.39, 0.29) is 11.8 Å². The number of fused-ring (bicyclic) bond motifs is 3. The molecule has 0 saturated carbocycles. The number of carbonyl (C=O) groups excluding carboxylic acids is 1. The van der Waals surface area contributed by atoms with Crippen molar-refractivity contribution in [2.24, 2.45) is 5.73 Å². The fraction of sp³-hybridized carbons (Fsp3) is 0.348. The van der Waals surface area contributed by atoms with Gasteiger partial charge in [0, 0.05) is 24.0 Å². The highest BCUT2D eigenvalue weighted by Gasteiger charge is 2.28. The summed E-state index contributed by atoms with van der Waals surface area (Å²) in [7, 11) is 1.72. The molecule has 1 unspecified atom stereocenters. The van der Waals surface area contributed by atoms with Gasteiger partial charge in [-0.3, -0.25) is 4.79 Å². The Labute approximate surface area is 159 Å². The Balaban J connectivity index is 1.95. The van der Waals surface area contributed by atoms with Gasteiger partial charge in [-0.2, -0.15) is 0 Å². The summed E-state index contributed by atoms with van der Waals surface area (Å²) < 4.78 is 8.14. The molecule has 1 atom stereocenters. The van der Waals surface area contributed by atoms with Crippen molar-refractivity contribution in [2.75, 3.05) is 7.11 Å². The van der Waals surface area contributed by atoms with Crippen molar-refractivity contribution < 1.29 is 9.53 Å². The van der Waals surface area contributed by atoms with E-state index in [1.165, 1.54) is 22.3 Å². The van der Waals surface area contributed by atoms with Gasteiger partial charge in [0.25, 0.3) is 0 Å². The third-order valence-electron chi connectivity index (χ3n) is 5.68. The molecule has 4 rings (SSSR count). The quantitative estimate of drug-likeness (QED) is 0.685. The number of aromatic nitrogens is 1. The summed E-state index contributed by atoms with van der Waals surface area (Å²) >= 11 is 0. The lowest BCUT2D eigenvalue weighted by molar-refractivity contribution is -0.118. The van der Waals surface area contributed by atoms with Crippen molar-refractivity contribution in [3.05, 3.63) is 65.4 Å². The minimum absolute atomic E-state index is 0.163. The van der Waals surface area contributed by atoms with E-state index in [9.17, 15) is 4.79 Å². The Bertz CT molecular complexity index is 959. The molecule has 0 fully saturated rings. The van der Waals surface area contributed by atoms with Crippen LogP contribution in [-0.4, -0.2) is 17.6 Å². The van der Waals surface area contributed by atoms with Crippen molar-refractivity contribution in [2.45, 2.75) is 44.6 Å². The topological polar surface area (TPSA) is 57.2 Å². The second-order valence-electron chi connectivity index (χ2n) is 7.40. The molecule has 3 aromatic rings. The van der Waals surface area contributed by atoms with Gasteiger partial charge in [-0.15, -0.1) is 0 Å². The van der Waals surface area contributed by atoms with Gasteiger partial charge in [0.2, 0.25) is 5.91 Å². The molecule has 1 heterocycles. The number of carbonyl (C=O) groups is 1. The number of benzene rings is 2. The SMILES string of the molecule is COc1cccc2c1c1c(n2Cc2ccccc2)CCCCC1CC(N)=O. The number of methoxy groups -OCH3 is 1. The Morgan fingerprint density at radius 1 is 1.15 bits per heavy atom. The molecule has 1 aliphatic rings. The zero-order valence-electron chi connectivity index (χ0n) is 15.8. The average molecular weight is 362 g/mol. The highest BCUT2D eigenvalue weighted by molar-refractivity contribution is 5.92. The van der Waals surface area contributed by atoms with Crippen LogP contribution in [0.1, 0.15) is 48.4 Å². The van der Waals surface area contributed by atoms with E-state index in [4.69, 9.17) is 10.5 Å². The standard InChI is InChI=1S/C23H26N2O2/c1-27-20-13-7-12-19-23(20)22-17(14-21(24)26)10-5-6-11-18(22)25(19)15-16-8-3-2-4-9-16/h2-4,7-9,12-13,17H,5-6,10-11,14-15H2,1H3,(H2,24,26). The van der Waals surface area contributed by atoms with Gasteiger partial charge >= 0.3 is 0 Å². The average Bonchev–Trinajstić information content (AvgIpc) is 2.84. The molecule has 140 valence electrons. The maximum absolute atomic E-state index is 11.8. The molecular weight excluding hydrogens is 336 g/mol. The van der Waals surface area contributed by atoms with E-state index in [0.717, 1.165) is 43.4 Å². The Hall–Kier alpha value is -2.75. The van der Waals surface area contributed by atoms with E-state index < -0.39 is 0 Å². The van der Waals surface area contributed by atoms with Gasteiger partial charge in [-0.1, -0.05) is 42.8 Å². The summed E-state index contributed by atoms with van der Waals surface area (Å²) in [4.78, 5) is 11.8. The smallest absolute Gasteiger partial charge is 0.218 e. The molecule has 2 N–H and O–H groups in total. The van der Waals surface area contributed by atoms with Crippen LogP contribution in [0.2, 0.25) is 0 Å². The van der Waals surface area contributed by atoms with Crippen LogP contribution in [-0.2, 0) is 17.8 Å². The summed E-state index contributed by atoms with van der Waals surface area (Å²) in [6.07, 6.45) is 4.67. The summed E-state index contributed by atoms with van der Waals surface area (Å²) in [5, 5.41) is 1.15. The van der Waals surface area contributed by atoms with Crippen LogP contribution in [0, 0.1) is 0 Å². The molecular formula is C23H26N2O2. The number of rotatable bonds is 5. The van der Waals surface area contributed by atoms with Crippen LogP contribution in [0.5, 0.6) is 5.75 Å². The van der Waals surface area contributed by atoms with Crippen LogP contribution in [0.25, 0.3) is 10.9 Å². The highest BCUT2D eigenvalue weighted by atomic mass is 16.5. The van der Waals surface area contributed by atoms with Crippen molar-refractivity contribution in [1.29, 1.82) is 0 Å². The van der Waals surface area contributed by atoms with Gasteiger partial charge in [0.1, 0.15) is 5.75 Å². The van der Waals surface area contributed by atoms with E-state index >= 15 is 0 Å². The zero-order chi connectivity index (χ0) is 18.8. The lowest BCUT2D eigenvalue weighted by atomic mass is 9.90. The first-order chi connectivity index (χ1) is 13.2. The number of hydrogen-bond acceptors (Lipinski definition) is 2. The minimum atomic E-state index is -0.230. The van der Waals surface area contributed by atoms with E-state index in [1.54, 1.807) is 7.11 Å². The van der Waals surface area contributed by atoms with Crippen LogP contribution in [0.3, 0.4) is 0 Å². The molecule has 0 radical (unpaired) electrons. The Kier molecular flexibility index (Phi) is 4.88. The maximum Gasteiger partial charge on any atom is 0.218 e. The molecule has 4 heteroatoms. The van der Waals surface area contributed by atoms with Gasteiger partial charge in [-0.25, -0.2) is 0 Å². The van der Waals surface area contributed by atoms with E-state index in [0.29, 0.717) is 6.42 Å². The van der Waals surface area contributed by atoms with Crippen molar-refractivity contribution in [3.8, 4) is 5.75 Å². The summed E-state index contributed by atoms with van der Waals surface area (Å²) in [5.41, 5.74) is 10.7. The molecule has 27 heavy (non-hydrogen) atoms. The monoisotopic (exact) mass is 362 g/mol. The fourth-order valence-corrected chi connectivity index (χ4v) is 4.55. The maximum atomic E-state index is 11.8. The van der Waals surface area contributed by atoms with Gasteiger partial charge in [-0.05, 0) is 48.4 Å². The van der Waals surface area contributed by atoms with Crippen LogP contribution < -0.4 is 10.5 Å². The summed E-state index contributed by atoms with van der Waals surface area (Å²) in [5.74, 6) is 0.814. The Morgan fingerprint density at radius 2 is 1.96 bits per heavy atom. The molecule has 1 aliphatic carbocycles. The van der Waals surface area contributed by atoms with Crippen molar-refractivity contribution in [3.63, 3.8) is 0 Å². The lowest BCUT2D eigenvalue weighted by Crippen LogP contribution is -2.15. The zero-order valence-corrected chi connectivity index (χ0v) is 15.8. The van der Waals surface area contributed by atoms with Crippen molar-refractivity contribution >= 4 is 16.8 Å². The Morgan fingerprint density at radius 3 is 2.70 bits per heavy atom. The summed E-state index contributed by atoms with van der Waals surface area (Å²) in [6.45, 7) is 0.823. The lowest BCUT2D eigenvalue weighted by Gasteiger charge is -2.15. The minimum Gasteiger partial charge on any atom is -0.496 e. The predicted octanol–water partition coefficient (Wildman–Crippen LogP) is 4.38. The highest BCUT2D eigenvalue weighted by Crippen LogP contribution is 2.43. The predicted molar refractivity (Wildman–Crippen MR) is 108 cm³/mol. The molecule has 0 spiro atoms. The van der Waals surface area contributed by atoms with Crippen molar-refractivity contribution in [1.82, 2.24) is 4.57 Å². The molecule has 0 aliphatic heterocycles. The third-order valence-corrected chi connectivity index (χ3v) is 5.68. The van der Waals surface area contributed by atoms with Crippen LogP contribution in [0.4, 0.5) is 0 Å². The number of ether oxygens (including phenoxy) is 1. The first-order valence-electron chi connectivity index (χ1n) is 9.69. The molecule has 4 nitrogen and oxygen atoms in total. The summed E-state index contributed by atoms with van der Waals surface area (Å²) in [6, 6.07) is 16.8. The van der Waals surface area contributed by atoms with E-state index in [1.807, 2.05) is 18.2 Å². The van der Waals surface area contributed by atoms with Crippen LogP contribution >= 0.6 is 0 Å². The molecule has 0 saturated heterocycles. The second-order valence-corrected chi connectivity index (χ2v) is 7.40. The van der Waals surface area contributed by atoms with Crippen LogP contribution in [0.15, 0.2) is 48.5 Å². The molecule has 0 bridgehead atoms. The second kappa shape index (κ2) is 7.47. The van der Waals surface area contributed by atoms with Gasteiger partial charge in [0.05, 0.1) is 12.6 Å². The number of amides is 1. The largest absolute Gasteiger partial charge is 0.496 e. The third kappa shape index (κ3) is 3.32. The normalized spacial score (nSPS) is 16.7. The first-order valence-corrected chi connectivity index (χ1v) is 9.69. The number of nitrogens with zero attached hydrogens (tertiary/aromatic N) is 1. The number of nitrogens with two attached hydrogens (primary N) is 1. The number of hydrogen-bond donors (Lipinski definition) is 1. The fourth-order valence-electron chi connectivity index (χ4n) is 4.55. The van der Waals surface area contributed by atoms with E-state index in [2.05, 4.69) is 34.9 Å².